The van der Waals surface area contributed by atoms with Gasteiger partial charge in [0, 0.05) is 23.5 Å². The summed E-state index contributed by atoms with van der Waals surface area (Å²) in [4.78, 5) is 27.2. The van der Waals surface area contributed by atoms with Crippen molar-refractivity contribution in [3.63, 3.8) is 0 Å². The Hall–Kier alpha value is -2.49. The van der Waals surface area contributed by atoms with E-state index in [4.69, 9.17) is 0 Å². The van der Waals surface area contributed by atoms with Gasteiger partial charge in [-0.15, -0.1) is 0 Å². The second-order valence-electron chi connectivity index (χ2n) is 3.79. The van der Waals surface area contributed by atoms with Crippen molar-refractivity contribution in [2.45, 2.75) is 20.8 Å². The molecule has 4 nitrogen and oxygen atoms in total. The zero-order chi connectivity index (χ0) is 15.0. The van der Waals surface area contributed by atoms with Gasteiger partial charge in [0.25, 0.3) is 5.91 Å². The number of anilines is 1. The van der Waals surface area contributed by atoms with Crippen molar-refractivity contribution < 1.29 is 9.59 Å². The maximum atomic E-state index is 11.9. The van der Waals surface area contributed by atoms with Gasteiger partial charge in [-0.25, -0.2) is 0 Å². The summed E-state index contributed by atoms with van der Waals surface area (Å²) in [5.41, 5.74) is 1.52. The van der Waals surface area contributed by atoms with E-state index in [0.29, 0.717) is 16.8 Å². The molecule has 0 aliphatic carbocycles. The van der Waals surface area contributed by atoms with Crippen LogP contribution in [0.2, 0.25) is 0 Å². The van der Waals surface area contributed by atoms with E-state index in [2.05, 4.69) is 10.3 Å². The lowest BCUT2D eigenvalue weighted by molar-refractivity contribution is 0.101. The molecule has 0 aliphatic rings. The Balaban J connectivity index is 0.000000956. The Morgan fingerprint density at radius 3 is 2.20 bits per heavy atom. The molecular formula is C16H18N2O2. The number of hydrogen-bond acceptors (Lipinski definition) is 3. The minimum atomic E-state index is -0.258. The summed E-state index contributed by atoms with van der Waals surface area (Å²) in [6, 6.07) is 10.2. The number of aromatic nitrogens is 1. The van der Waals surface area contributed by atoms with Gasteiger partial charge in [-0.05, 0) is 31.2 Å². The highest BCUT2D eigenvalue weighted by Gasteiger charge is 2.10. The Morgan fingerprint density at radius 2 is 1.60 bits per heavy atom. The molecule has 1 heterocycles. The van der Waals surface area contributed by atoms with Crippen LogP contribution in [0, 0.1) is 0 Å². The van der Waals surface area contributed by atoms with Crippen LogP contribution in [0.25, 0.3) is 0 Å². The summed E-state index contributed by atoms with van der Waals surface area (Å²) >= 11 is 0. The van der Waals surface area contributed by atoms with Crippen LogP contribution in [-0.4, -0.2) is 16.7 Å². The fourth-order valence-corrected chi connectivity index (χ4v) is 1.60. The zero-order valence-electron chi connectivity index (χ0n) is 11.9. The number of nitrogens with zero attached hydrogens (tertiary/aromatic N) is 1. The van der Waals surface area contributed by atoms with Gasteiger partial charge in [-0.3, -0.25) is 14.6 Å². The van der Waals surface area contributed by atoms with E-state index in [-0.39, 0.29) is 11.7 Å². The molecule has 0 atom stereocenters. The smallest absolute Gasteiger partial charge is 0.255 e. The van der Waals surface area contributed by atoms with Crippen LogP contribution in [-0.2, 0) is 0 Å². The second-order valence-corrected chi connectivity index (χ2v) is 3.79. The Kier molecular flexibility index (Phi) is 6.10. The third-order valence-corrected chi connectivity index (χ3v) is 2.50. The van der Waals surface area contributed by atoms with Crippen LogP contribution in [0.3, 0.4) is 0 Å². The molecule has 104 valence electrons. The maximum Gasteiger partial charge on any atom is 0.255 e. The van der Waals surface area contributed by atoms with E-state index in [1.807, 2.05) is 13.8 Å². The van der Waals surface area contributed by atoms with Gasteiger partial charge < -0.3 is 5.32 Å². The first kappa shape index (κ1) is 15.6. The number of nitrogens with one attached hydrogen (secondary N) is 1. The van der Waals surface area contributed by atoms with Crippen molar-refractivity contribution in [3.05, 3.63) is 59.9 Å². The van der Waals surface area contributed by atoms with E-state index in [1.165, 1.54) is 6.92 Å². The third-order valence-electron chi connectivity index (χ3n) is 2.50. The Labute approximate surface area is 118 Å². The van der Waals surface area contributed by atoms with E-state index in [1.54, 1.807) is 48.8 Å². The van der Waals surface area contributed by atoms with E-state index in [9.17, 15) is 9.59 Å². The highest BCUT2D eigenvalue weighted by atomic mass is 16.1. The quantitative estimate of drug-likeness (QED) is 0.867. The average Bonchev–Trinajstić information content (AvgIpc) is 2.50. The predicted molar refractivity (Wildman–Crippen MR) is 80.0 cm³/mol. The topological polar surface area (TPSA) is 59.1 Å². The maximum absolute atomic E-state index is 11.9. The van der Waals surface area contributed by atoms with Gasteiger partial charge in [-0.2, -0.15) is 0 Å². The lowest BCUT2D eigenvalue weighted by Crippen LogP contribution is -2.14. The molecule has 0 fully saturated rings. The number of hydrogen-bond donors (Lipinski definition) is 1. The highest BCUT2D eigenvalue weighted by molar-refractivity contribution is 6.08. The normalized spacial score (nSPS) is 9.15. The first-order valence-corrected chi connectivity index (χ1v) is 6.50. The first-order valence-electron chi connectivity index (χ1n) is 6.50. The summed E-state index contributed by atoms with van der Waals surface area (Å²) in [6.45, 7) is 5.47. The molecule has 0 aliphatic heterocycles. The zero-order valence-corrected chi connectivity index (χ0v) is 11.9. The van der Waals surface area contributed by atoms with Crippen molar-refractivity contribution >= 4 is 17.4 Å². The number of pyridine rings is 1. The summed E-state index contributed by atoms with van der Waals surface area (Å²) in [6.07, 6.45) is 3.09. The molecule has 0 saturated heterocycles. The molecule has 4 heteroatoms. The molecule has 20 heavy (non-hydrogen) atoms. The van der Waals surface area contributed by atoms with Crippen LogP contribution >= 0.6 is 0 Å². The van der Waals surface area contributed by atoms with E-state index >= 15 is 0 Å². The van der Waals surface area contributed by atoms with Crippen LogP contribution in [0.5, 0.6) is 0 Å². The monoisotopic (exact) mass is 270 g/mol. The highest BCUT2D eigenvalue weighted by Crippen LogP contribution is 2.16. The van der Waals surface area contributed by atoms with Gasteiger partial charge >= 0.3 is 0 Å². The van der Waals surface area contributed by atoms with Crippen molar-refractivity contribution in [1.82, 2.24) is 4.98 Å². The van der Waals surface area contributed by atoms with Gasteiger partial charge in [0.05, 0.1) is 5.69 Å². The molecule has 0 saturated carbocycles. The molecule has 1 aromatic carbocycles. The van der Waals surface area contributed by atoms with Crippen LogP contribution in [0.4, 0.5) is 5.69 Å². The summed E-state index contributed by atoms with van der Waals surface area (Å²) in [7, 11) is 0. The van der Waals surface area contributed by atoms with Crippen molar-refractivity contribution in [1.29, 1.82) is 0 Å². The molecule has 0 unspecified atom stereocenters. The lowest BCUT2D eigenvalue weighted by atomic mass is 10.1. The SMILES string of the molecule is CC.CC(=O)c1ccccc1NC(=O)c1ccncc1. The summed E-state index contributed by atoms with van der Waals surface area (Å²) in [5, 5.41) is 2.72. The Morgan fingerprint density at radius 1 is 1.00 bits per heavy atom. The van der Waals surface area contributed by atoms with E-state index in [0.717, 1.165) is 0 Å². The average molecular weight is 270 g/mol. The number of carbonyl (C=O) groups excluding carboxylic acids is 2. The molecule has 2 aromatic rings. The van der Waals surface area contributed by atoms with E-state index < -0.39 is 0 Å². The number of carbonyl (C=O) groups is 2. The van der Waals surface area contributed by atoms with Crippen LogP contribution in [0.15, 0.2) is 48.8 Å². The lowest BCUT2D eigenvalue weighted by Gasteiger charge is -2.08. The molecule has 1 aromatic heterocycles. The molecule has 1 N–H and O–H groups in total. The Bertz CT molecular complexity index is 580. The van der Waals surface area contributed by atoms with Gasteiger partial charge in [0.15, 0.2) is 5.78 Å². The molecule has 1 amide bonds. The molecule has 2 rings (SSSR count). The van der Waals surface area contributed by atoms with Crippen LogP contribution < -0.4 is 5.32 Å². The number of Topliss-reactive ketones (excluding diaryl/α,β-unsaturated/α-hetero) is 1. The fourth-order valence-electron chi connectivity index (χ4n) is 1.60. The molecular weight excluding hydrogens is 252 g/mol. The van der Waals surface area contributed by atoms with Gasteiger partial charge in [0.2, 0.25) is 0 Å². The van der Waals surface area contributed by atoms with Crippen molar-refractivity contribution in [3.8, 4) is 0 Å². The minimum Gasteiger partial charge on any atom is -0.321 e. The predicted octanol–water partition coefficient (Wildman–Crippen LogP) is 3.56. The van der Waals surface area contributed by atoms with Crippen molar-refractivity contribution in [2.24, 2.45) is 0 Å². The van der Waals surface area contributed by atoms with Gasteiger partial charge in [-0.1, -0.05) is 26.0 Å². The molecule has 0 spiro atoms. The number of rotatable bonds is 3. The fraction of sp³-hybridized carbons (Fsp3) is 0.188. The number of ketones is 1. The van der Waals surface area contributed by atoms with Crippen molar-refractivity contribution in [2.75, 3.05) is 5.32 Å². The number of benzene rings is 1. The number of para-hydroxylation sites is 1. The third kappa shape index (κ3) is 4.02. The van der Waals surface area contributed by atoms with Gasteiger partial charge in [0.1, 0.15) is 0 Å². The molecule has 0 bridgehead atoms. The summed E-state index contributed by atoms with van der Waals surface area (Å²) in [5.74, 6) is -0.341. The second kappa shape index (κ2) is 7.84. The standard InChI is InChI=1S/C14H12N2O2.C2H6/c1-10(17)12-4-2-3-5-13(12)16-14(18)11-6-8-15-9-7-11;1-2/h2-9H,1H3,(H,16,18);1-2H3. The largest absolute Gasteiger partial charge is 0.321 e. The minimum absolute atomic E-state index is 0.0828. The number of amides is 1. The van der Waals surface area contributed by atoms with Crippen LogP contribution in [0.1, 0.15) is 41.5 Å². The molecule has 0 radical (unpaired) electrons. The summed E-state index contributed by atoms with van der Waals surface area (Å²) < 4.78 is 0. The first-order chi connectivity index (χ1) is 9.68.